The molecule has 0 aliphatic carbocycles. The van der Waals surface area contributed by atoms with E-state index in [1.165, 1.54) is 12.1 Å². The van der Waals surface area contributed by atoms with Gasteiger partial charge in [-0.1, -0.05) is 29.8 Å². The Morgan fingerprint density at radius 1 is 1.35 bits per heavy atom. The first-order valence-corrected chi connectivity index (χ1v) is 8.04. The van der Waals surface area contributed by atoms with E-state index in [-0.39, 0.29) is 32.7 Å². The smallest absolute Gasteiger partial charge is 0.256 e. The molecule has 23 heavy (non-hydrogen) atoms. The average molecular weight is 413 g/mol. The normalized spacial score (nSPS) is 10.5. The van der Waals surface area contributed by atoms with E-state index in [2.05, 4.69) is 6.07 Å². The number of ether oxygens (including phenoxy) is 1. The maximum absolute atomic E-state index is 12.7. The number of nitrogens with zero attached hydrogens (tertiary/aromatic N) is 1. The third-order valence-electron chi connectivity index (χ3n) is 3.10. The molecule has 0 aliphatic heterocycles. The number of benzene rings is 1. The molecule has 0 bridgehead atoms. The summed E-state index contributed by atoms with van der Waals surface area (Å²) in [6.07, 6.45) is -0.667. The first kappa shape index (κ1) is 20.3. The third kappa shape index (κ3) is 5.40. The summed E-state index contributed by atoms with van der Waals surface area (Å²) in [6.45, 7) is 1.20. The van der Waals surface area contributed by atoms with Gasteiger partial charge in [-0.05, 0) is 18.4 Å². The molecule has 0 aliphatic rings. The van der Waals surface area contributed by atoms with Gasteiger partial charge in [-0.2, -0.15) is 12.1 Å². The van der Waals surface area contributed by atoms with Crippen molar-refractivity contribution in [2.24, 2.45) is 0 Å². The minimum atomic E-state index is -2.60. The number of halogens is 2. The van der Waals surface area contributed by atoms with Crippen LogP contribution in [0.5, 0.6) is 5.75 Å². The summed E-state index contributed by atoms with van der Waals surface area (Å²) in [5.41, 5.74) is 1.43. The number of aryl methyl sites for hydroxylation is 1. The molecule has 0 N–H and O–H groups in total. The molecule has 0 saturated heterocycles. The molecule has 1 aromatic carbocycles. The summed E-state index contributed by atoms with van der Waals surface area (Å²) in [5, 5.41) is 0. The number of hydrogen-bond acceptors (Lipinski definition) is 3. The Bertz CT molecular complexity index is 707. The summed E-state index contributed by atoms with van der Waals surface area (Å²) in [6, 6.07) is 10.9. The Kier molecular flexibility index (Phi) is 8.44. The number of alkyl halides is 2. The quantitative estimate of drug-likeness (QED) is 0.536. The average Bonchev–Trinajstić information content (AvgIpc) is 2.47. The van der Waals surface area contributed by atoms with Gasteiger partial charge in [-0.25, -0.2) is 8.78 Å². The molecule has 1 aromatic heterocycles. The largest absolute Gasteiger partial charge is 0.483 e. The maximum Gasteiger partial charge on any atom is 0.256 e. The summed E-state index contributed by atoms with van der Waals surface area (Å²) >= 11 is 1.56. The predicted octanol–water partition coefficient (Wildman–Crippen LogP) is 3.59. The van der Waals surface area contributed by atoms with Crippen molar-refractivity contribution in [2.75, 3.05) is 12.2 Å². The van der Waals surface area contributed by atoms with Crippen LogP contribution in [0.3, 0.4) is 0 Å². The zero-order valence-corrected chi connectivity index (χ0v) is 16.5. The van der Waals surface area contributed by atoms with E-state index in [9.17, 15) is 13.6 Å². The molecular weight excluding hydrogens is 397 g/mol. The van der Waals surface area contributed by atoms with Crippen molar-refractivity contribution in [3.05, 3.63) is 52.3 Å². The molecular formula is C16H16F2NO2SY-. The van der Waals surface area contributed by atoms with E-state index in [1.807, 2.05) is 19.2 Å². The van der Waals surface area contributed by atoms with Crippen molar-refractivity contribution >= 4 is 11.8 Å². The van der Waals surface area contributed by atoms with Crippen LogP contribution >= 0.6 is 11.8 Å². The Morgan fingerprint density at radius 3 is 2.70 bits per heavy atom. The maximum atomic E-state index is 12.7. The summed E-state index contributed by atoms with van der Waals surface area (Å²) in [4.78, 5) is 11.9. The van der Waals surface area contributed by atoms with Gasteiger partial charge in [0, 0.05) is 32.7 Å². The number of rotatable bonds is 6. The van der Waals surface area contributed by atoms with Crippen LogP contribution in [-0.4, -0.2) is 23.2 Å². The fourth-order valence-corrected chi connectivity index (χ4v) is 2.38. The first-order valence-electron chi connectivity index (χ1n) is 6.65. The van der Waals surface area contributed by atoms with Crippen LogP contribution in [0.25, 0.3) is 11.3 Å². The molecule has 0 saturated carbocycles. The third-order valence-corrected chi connectivity index (χ3v) is 3.45. The van der Waals surface area contributed by atoms with Crippen molar-refractivity contribution in [1.29, 1.82) is 0 Å². The van der Waals surface area contributed by atoms with Crippen molar-refractivity contribution < 1.29 is 46.2 Å². The molecule has 3 nitrogen and oxygen atoms in total. The zero-order valence-electron chi connectivity index (χ0n) is 12.9. The summed E-state index contributed by atoms with van der Waals surface area (Å²) < 4.78 is 32.0. The molecule has 2 rings (SSSR count). The zero-order chi connectivity index (χ0) is 16.1. The monoisotopic (exact) mass is 413 g/mol. The molecule has 1 radical (unpaired) electrons. The van der Waals surface area contributed by atoms with Crippen LogP contribution in [0.2, 0.25) is 0 Å². The van der Waals surface area contributed by atoms with E-state index in [0.29, 0.717) is 22.9 Å². The van der Waals surface area contributed by atoms with E-state index in [1.54, 1.807) is 23.9 Å². The standard InChI is InChI=1S/C16H16F2NO2S.Y/c1-11-8-12(21-10-22-2)6-7-13(11)14-4-3-5-16(20)19(14)9-15(17)18;/h3,5-8,15H,9-10H2,1-2H3;/q-1;. The van der Waals surface area contributed by atoms with Gasteiger partial charge in [0.05, 0.1) is 6.54 Å². The number of pyridine rings is 1. The van der Waals surface area contributed by atoms with Crippen molar-refractivity contribution in [3.8, 4) is 17.0 Å². The summed E-state index contributed by atoms with van der Waals surface area (Å²) in [5.74, 6) is 1.24. The minimum absolute atomic E-state index is 0. The van der Waals surface area contributed by atoms with Gasteiger partial charge in [-0.3, -0.25) is 4.79 Å². The van der Waals surface area contributed by atoms with Gasteiger partial charge in [0.25, 0.3) is 6.43 Å². The Hall–Kier alpha value is -0.716. The molecule has 121 valence electrons. The minimum Gasteiger partial charge on any atom is -0.483 e. The van der Waals surface area contributed by atoms with Crippen LogP contribution in [0, 0.1) is 13.0 Å². The first-order chi connectivity index (χ1) is 10.5. The molecule has 0 unspecified atom stereocenters. The number of aromatic nitrogens is 1. The van der Waals surface area contributed by atoms with E-state index in [4.69, 9.17) is 4.74 Å². The Labute approximate surface area is 163 Å². The van der Waals surface area contributed by atoms with Gasteiger partial charge in [0.2, 0.25) is 0 Å². The number of thioether (sulfide) groups is 1. The molecule has 2 aromatic rings. The van der Waals surface area contributed by atoms with Gasteiger partial charge < -0.3 is 9.30 Å². The topological polar surface area (TPSA) is 31.2 Å². The van der Waals surface area contributed by atoms with Crippen LogP contribution < -0.4 is 10.3 Å². The van der Waals surface area contributed by atoms with Gasteiger partial charge in [0.1, 0.15) is 11.7 Å². The van der Waals surface area contributed by atoms with E-state index >= 15 is 0 Å². The van der Waals surface area contributed by atoms with E-state index < -0.39 is 18.5 Å². The van der Waals surface area contributed by atoms with Crippen molar-refractivity contribution in [1.82, 2.24) is 4.57 Å². The fraction of sp³-hybridized carbons (Fsp3) is 0.312. The van der Waals surface area contributed by atoms with Crippen LogP contribution in [0.15, 0.2) is 35.1 Å². The molecule has 0 spiro atoms. The second-order valence-electron chi connectivity index (χ2n) is 4.69. The van der Waals surface area contributed by atoms with Gasteiger partial charge in [-0.15, -0.1) is 17.8 Å². The Morgan fingerprint density at radius 2 is 2.09 bits per heavy atom. The molecule has 0 amide bonds. The SMILES string of the molecule is CSCOc1ccc(-c2[c-]ccc(=O)n2CC(F)F)c(C)c1.[Y]. The molecule has 1 heterocycles. The fourth-order valence-electron chi connectivity index (χ4n) is 2.13. The predicted molar refractivity (Wildman–Crippen MR) is 84.7 cm³/mol. The summed E-state index contributed by atoms with van der Waals surface area (Å²) in [7, 11) is 0. The second-order valence-corrected chi connectivity index (χ2v) is 5.51. The van der Waals surface area contributed by atoms with Gasteiger partial charge >= 0.3 is 0 Å². The van der Waals surface area contributed by atoms with Crippen molar-refractivity contribution in [2.45, 2.75) is 19.9 Å². The molecule has 0 fully saturated rings. The van der Waals surface area contributed by atoms with Crippen molar-refractivity contribution in [3.63, 3.8) is 0 Å². The van der Waals surface area contributed by atoms with Crippen LogP contribution in [0.1, 0.15) is 5.56 Å². The second kappa shape index (κ2) is 9.55. The van der Waals surface area contributed by atoms with E-state index in [0.717, 1.165) is 10.1 Å². The van der Waals surface area contributed by atoms with Gasteiger partial charge in [0.15, 0.2) is 5.56 Å². The molecule has 0 atom stereocenters. The van der Waals surface area contributed by atoms with Crippen LogP contribution in [-0.2, 0) is 39.3 Å². The molecule has 7 heteroatoms. The Balaban J connectivity index is 0.00000264. The van der Waals surface area contributed by atoms with Crippen LogP contribution in [0.4, 0.5) is 8.78 Å². The number of hydrogen-bond donors (Lipinski definition) is 0.